The van der Waals surface area contributed by atoms with Crippen LogP contribution < -0.4 is 0 Å². The summed E-state index contributed by atoms with van der Waals surface area (Å²) in [4.78, 5) is 13.9. The number of ether oxygens (including phenoxy) is 1. The van der Waals surface area contributed by atoms with E-state index in [-0.39, 0.29) is 6.09 Å². The van der Waals surface area contributed by atoms with E-state index in [4.69, 9.17) is 4.74 Å². The van der Waals surface area contributed by atoms with Crippen LogP contribution in [0.25, 0.3) is 0 Å². The van der Waals surface area contributed by atoms with Crippen molar-refractivity contribution in [2.75, 3.05) is 6.54 Å². The van der Waals surface area contributed by atoms with Crippen LogP contribution in [0.2, 0.25) is 0 Å². The fourth-order valence-corrected chi connectivity index (χ4v) is 2.79. The number of rotatable bonds is 3. The molecule has 3 rings (SSSR count). The molecule has 0 bridgehead atoms. The molecule has 0 spiro atoms. The zero-order valence-corrected chi connectivity index (χ0v) is 14.5. The van der Waals surface area contributed by atoms with E-state index in [0.717, 1.165) is 24.5 Å². The molecule has 0 N–H and O–H groups in total. The van der Waals surface area contributed by atoms with Crippen molar-refractivity contribution < 1.29 is 9.53 Å². The second kappa shape index (κ2) is 6.63. The molecular weight excluding hydrogens is 304 g/mol. The van der Waals surface area contributed by atoms with Gasteiger partial charge in [0.15, 0.2) is 5.82 Å². The molecule has 0 saturated carbocycles. The largest absolute Gasteiger partial charge is 0.444 e. The summed E-state index contributed by atoms with van der Waals surface area (Å²) in [6, 6.07) is 10.4. The Hall–Kier alpha value is -2.37. The standard InChI is InChI=1S/C18H24N4O2/c1-18(2,3)24-17(23)21-11-12-22-15(19-20-16(22)13-21)10-9-14-7-5-4-6-8-14/h4-8H,9-13H2,1-3H3. The van der Waals surface area contributed by atoms with Gasteiger partial charge in [-0.25, -0.2) is 4.79 Å². The fourth-order valence-electron chi connectivity index (χ4n) is 2.79. The van der Waals surface area contributed by atoms with Gasteiger partial charge in [0, 0.05) is 19.5 Å². The highest BCUT2D eigenvalue weighted by atomic mass is 16.6. The molecule has 0 saturated heterocycles. The molecule has 128 valence electrons. The van der Waals surface area contributed by atoms with Crippen molar-refractivity contribution in [1.29, 1.82) is 0 Å². The van der Waals surface area contributed by atoms with Crippen LogP contribution in [0.1, 0.15) is 38.0 Å². The molecule has 6 nitrogen and oxygen atoms in total. The number of aromatic nitrogens is 3. The Balaban J connectivity index is 1.63. The zero-order chi connectivity index (χ0) is 17.2. The van der Waals surface area contributed by atoms with E-state index >= 15 is 0 Å². The average Bonchev–Trinajstić information content (AvgIpc) is 2.94. The molecule has 24 heavy (non-hydrogen) atoms. The lowest BCUT2D eigenvalue weighted by Crippen LogP contribution is -2.41. The van der Waals surface area contributed by atoms with Crippen LogP contribution in [0.4, 0.5) is 4.79 Å². The normalized spacial score (nSPS) is 14.4. The van der Waals surface area contributed by atoms with Gasteiger partial charge in [-0.2, -0.15) is 0 Å². The van der Waals surface area contributed by atoms with Crippen molar-refractivity contribution in [3.05, 3.63) is 47.5 Å². The van der Waals surface area contributed by atoms with Crippen molar-refractivity contribution in [2.45, 2.75) is 52.3 Å². The summed E-state index contributed by atoms with van der Waals surface area (Å²) < 4.78 is 7.56. The molecule has 1 amide bonds. The van der Waals surface area contributed by atoms with Gasteiger partial charge in [0.2, 0.25) is 0 Å². The Kier molecular flexibility index (Phi) is 4.55. The van der Waals surface area contributed by atoms with E-state index in [9.17, 15) is 4.79 Å². The molecule has 0 unspecified atom stereocenters. The van der Waals surface area contributed by atoms with Gasteiger partial charge in [-0.05, 0) is 32.8 Å². The highest BCUT2D eigenvalue weighted by molar-refractivity contribution is 5.68. The van der Waals surface area contributed by atoms with Crippen LogP contribution in [-0.4, -0.2) is 37.9 Å². The second-order valence-electron chi connectivity index (χ2n) is 7.07. The number of hydrogen-bond acceptors (Lipinski definition) is 4. The Morgan fingerprint density at radius 1 is 1.12 bits per heavy atom. The molecule has 6 heteroatoms. The summed E-state index contributed by atoms with van der Waals surface area (Å²) in [6.45, 7) is 7.41. The van der Waals surface area contributed by atoms with E-state index < -0.39 is 5.60 Å². The number of amides is 1. The molecule has 0 atom stereocenters. The van der Waals surface area contributed by atoms with Crippen LogP contribution >= 0.6 is 0 Å². The fraction of sp³-hybridized carbons (Fsp3) is 0.500. The SMILES string of the molecule is CC(C)(C)OC(=O)N1CCn2c(CCc3ccccc3)nnc2C1. The van der Waals surface area contributed by atoms with E-state index in [2.05, 4.69) is 26.9 Å². The topological polar surface area (TPSA) is 60.2 Å². The van der Waals surface area contributed by atoms with Crippen molar-refractivity contribution in [2.24, 2.45) is 0 Å². The van der Waals surface area contributed by atoms with Crippen molar-refractivity contribution in [3.8, 4) is 0 Å². The summed E-state index contributed by atoms with van der Waals surface area (Å²) >= 11 is 0. The second-order valence-corrected chi connectivity index (χ2v) is 7.07. The first kappa shape index (κ1) is 16.5. The smallest absolute Gasteiger partial charge is 0.410 e. The van der Waals surface area contributed by atoms with Crippen LogP contribution in [0, 0.1) is 0 Å². The van der Waals surface area contributed by atoms with Crippen LogP contribution in [0.3, 0.4) is 0 Å². The zero-order valence-electron chi connectivity index (χ0n) is 14.5. The summed E-state index contributed by atoms with van der Waals surface area (Å²) in [5.41, 5.74) is 0.810. The molecule has 1 aliphatic rings. The number of nitrogens with zero attached hydrogens (tertiary/aromatic N) is 4. The Morgan fingerprint density at radius 2 is 1.88 bits per heavy atom. The molecule has 1 aromatic carbocycles. The van der Waals surface area contributed by atoms with Gasteiger partial charge in [0.05, 0.1) is 6.54 Å². The van der Waals surface area contributed by atoms with Gasteiger partial charge in [-0.1, -0.05) is 30.3 Å². The first-order valence-corrected chi connectivity index (χ1v) is 8.35. The van der Waals surface area contributed by atoms with E-state index in [1.807, 2.05) is 39.0 Å². The number of fused-ring (bicyclic) bond motifs is 1. The molecule has 0 radical (unpaired) electrons. The number of hydrogen-bond donors (Lipinski definition) is 0. The number of aryl methyl sites for hydroxylation is 2. The molecule has 1 aromatic heterocycles. The average molecular weight is 328 g/mol. The van der Waals surface area contributed by atoms with Gasteiger partial charge < -0.3 is 9.30 Å². The lowest BCUT2D eigenvalue weighted by molar-refractivity contribution is 0.0194. The number of benzene rings is 1. The molecule has 2 heterocycles. The first-order valence-electron chi connectivity index (χ1n) is 8.35. The quantitative estimate of drug-likeness (QED) is 0.869. The van der Waals surface area contributed by atoms with Crippen LogP contribution in [0.5, 0.6) is 0 Å². The predicted molar refractivity (Wildman–Crippen MR) is 90.5 cm³/mol. The van der Waals surface area contributed by atoms with E-state index in [0.29, 0.717) is 19.6 Å². The third-order valence-electron chi connectivity index (χ3n) is 3.96. The van der Waals surface area contributed by atoms with Crippen molar-refractivity contribution in [3.63, 3.8) is 0 Å². The van der Waals surface area contributed by atoms with Gasteiger partial charge in [-0.3, -0.25) is 4.90 Å². The maximum atomic E-state index is 12.2. The minimum Gasteiger partial charge on any atom is -0.444 e. The van der Waals surface area contributed by atoms with E-state index in [1.54, 1.807) is 4.90 Å². The maximum Gasteiger partial charge on any atom is 0.410 e. The molecule has 0 aliphatic carbocycles. The summed E-state index contributed by atoms with van der Waals surface area (Å²) in [7, 11) is 0. The Morgan fingerprint density at radius 3 is 2.58 bits per heavy atom. The molecule has 2 aromatic rings. The molecule has 0 fully saturated rings. The van der Waals surface area contributed by atoms with Crippen molar-refractivity contribution >= 4 is 6.09 Å². The molecule has 1 aliphatic heterocycles. The monoisotopic (exact) mass is 328 g/mol. The molecular formula is C18H24N4O2. The summed E-state index contributed by atoms with van der Waals surface area (Å²) in [6.07, 6.45) is 1.50. The Labute approximate surface area is 142 Å². The minimum atomic E-state index is -0.483. The number of carbonyl (C=O) groups excluding carboxylic acids is 1. The third kappa shape index (κ3) is 3.93. The van der Waals surface area contributed by atoms with E-state index in [1.165, 1.54) is 5.56 Å². The van der Waals surface area contributed by atoms with Gasteiger partial charge in [0.1, 0.15) is 11.4 Å². The van der Waals surface area contributed by atoms with Crippen molar-refractivity contribution in [1.82, 2.24) is 19.7 Å². The lowest BCUT2D eigenvalue weighted by Gasteiger charge is -2.30. The minimum absolute atomic E-state index is 0.289. The van der Waals surface area contributed by atoms with Gasteiger partial charge >= 0.3 is 6.09 Å². The maximum absolute atomic E-state index is 12.2. The summed E-state index contributed by atoms with van der Waals surface area (Å²) in [5, 5.41) is 8.58. The van der Waals surface area contributed by atoms with Gasteiger partial charge in [0.25, 0.3) is 0 Å². The predicted octanol–water partition coefficient (Wildman–Crippen LogP) is 2.81. The Bertz CT molecular complexity index is 704. The third-order valence-corrected chi connectivity index (χ3v) is 3.96. The number of carbonyl (C=O) groups is 1. The lowest BCUT2D eigenvalue weighted by atomic mass is 10.1. The highest BCUT2D eigenvalue weighted by Crippen LogP contribution is 2.17. The summed E-state index contributed by atoms with van der Waals surface area (Å²) in [5.74, 6) is 1.81. The highest BCUT2D eigenvalue weighted by Gasteiger charge is 2.27. The first-order chi connectivity index (χ1) is 11.4. The van der Waals surface area contributed by atoms with Gasteiger partial charge in [-0.15, -0.1) is 10.2 Å². The van der Waals surface area contributed by atoms with Crippen LogP contribution in [0.15, 0.2) is 30.3 Å². The van der Waals surface area contributed by atoms with Crippen LogP contribution in [-0.2, 0) is 30.7 Å².